The molecule has 4 heterocycles. The van der Waals surface area contributed by atoms with Gasteiger partial charge in [-0.2, -0.15) is 18.2 Å². The normalized spacial score (nSPS) is 21.5. The monoisotopic (exact) mass is 466 g/mol. The number of nitrogens with zero attached hydrogens (tertiary/aromatic N) is 5. The van der Waals surface area contributed by atoms with Crippen LogP contribution in [-0.2, 0) is 20.1 Å². The third-order valence-corrected chi connectivity index (χ3v) is 7.28. The highest BCUT2D eigenvalue weighted by Crippen LogP contribution is 2.36. The molecule has 1 saturated carbocycles. The molecule has 180 valence electrons. The first-order valence-corrected chi connectivity index (χ1v) is 11.7. The van der Waals surface area contributed by atoms with Crippen LogP contribution >= 0.6 is 0 Å². The van der Waals surface area contributed by atoms with E-state index in [1.54, 1.807) is 0 Å². The minimum absolute atomic E-state index is 0.0714. The molecule has 2 aliphatic heterocycles. The van der Waals surface area contributed by atoms with Crippen LogP contribution in [0.15, 0.2) is 21.5 Å². The van der Waals surface area contributed by atoms with Crippen molar-refractivity contribution in [3.05, 3.63) is 32.7 Å². The number of hydrogen-bond donors (Lipinski definition) is 1. The van der Waals surface area contributed by atoms with E-state index in [9.17, 15) is 22.8 Å². The van der Waals surface area contributed by atoms with Crippen LogP contribution in [0.5, 0.6) is 0 Å². The zero-order valence-electron chi connectivity index (χ0n) is 18.7. The van der Waals surface area contributed by atoms with Crippen LogP contribution in [0.4, 0.5) is 19.1 Å². The molecule has 1 atom stereocenters. The molecule has 0 spiro atoms. The lowest BCUT2D eigenvalue weighted by molar-refractivity contribution is -0.136. The van der Waals surface area contributed by atoms with E-state index in [-0.39, 0.29) is 23.0 Å². The van der Waals surface area contributed by atoms with Gasteiger partial charge in [-0.05, 0) is 25.2 Å². The summed E-state index contributed by atoms with van der Waals surface area (Å²) < 4.78 is 43.5. The molecule has 0 radical (unpaired) electrons. The maximum atomic E-state index is 13.5. The number of aryl methyl sites for hydroxylation is 2. The van der Waals surface area contributed by atoms with E-state index in [0.717, 1.165) is 50.8 Å². The highest BCUT2D eigenvalue weighted by Gasteiger charge is 2.36. The van der Waals surface area contributed by atoms with Gasteiger partial charge in [-0.1, -0.05) is 19.3 Å². The van der Waals surface area contributed by atoms with Gasteiger partial charge in [-0.3, -0.25) is 13.9 Å². The molecule has 5 rings (SSSR count). The molecule has 11 heteroatoms. The lowest BCUT2D eigenvalue weighted by Crippen LogP contribution is -2.41. The third kappa shape index (κ3) is 3.95. The number of hydrogen-bond acceptors (Lipinski definition) is 5. The number of alkyl halides is 3. The topological polar surface area (TPSA) is 77.1 Å². The zero-order chi connectivity index (χ0) is 23.3. The highest BCUT2D eigenvalue weighted by atomic mass is 19.4. The van der Waals surface area contributed by atoms with Crippen LogP contribution in [0.3, 0.4) is 0 Å². The maximum Gasteiger partial charge on any atom is 0.390 e. The summed E-state index contributed by atoms with van der Waals surface area (Å²) in [5.74, 6) is 0.795. The summed E-state index contributed by atoms with van der Waals surface area (Å²) in [6.45, 7) is 1.26. The molecule has 1 unspecified atom stereocenters. The molecule has 0 amide bonds. The summed E-state index contributed by atoms with van der Waals surface area (Å²) >= 11 is 0. The SMILES string of the molecule is Cn1c(=O)n(CC2CCCCC2)c(=O)c2c1nc(N1CCC3CNC=C31)n2CCC(F)(F)F. The summed E-state index contributed by atoms with van der Waals surface area (Å²) in [6, 6.07) is 0. The first-order valence-electron chi connectivity index (χ1n) is 11.7. The number of imidazole rings is 1. The molecular weight excluding hydrogens is 437 g/mol. The number of nitrogens with one attached hydrogen (secondary N) is 1. The molecule has 8 nitrogen and oxygen atoms in total. The first-order chi connectivity index (χ1) is 15.7. The minimum atomic E-state index is -4.38. The van der Waals surface area contributed by atoms with Gasteiger partial charge in [0.1, 0.15) is 0 Å². The molecule has 0 bridgehead atoms. The predicted octanol–water partition coefficient (Wildman–Crippen LogP) is 2.70. The number of anilines is 1. The van der Waals surface area contributed by atoms with Crippen molar-refractivity contribution in [3.8, 4) is 0 Å². The van der Waals surface area contributed by atoms with E-state index in [0.29, 0.717) is 19.0 Å². The van der Waals surface area contributed by atoms with E-state index in [2.05, 4.69) is 10.3 Å². The van der Waals surface area contributed by atoms with Crippen molar-refractivity contribution in [3.63, 3.8) is 0 Å². The maximum absolute atomic E-state index is 13.5. The number of aromatic nitrogens is 4. The molecule has 2 aromatic rings. The summed E-state index contributed by atoms with van der Waals surface area (Å²) in [5.41, 5.74) is 0.158. The number of rotatable bonds is 5. The Morgan fingerprint density at radius 1 is 1.12 bits per heavy atom. The van der Waals surface area contributed by atoms with Gasteiger partial charge in [0, 0.05) is 51.0 Å². The van der Waals surface area contributed by atoms with Crippen LogP contribution in [0.1, 0.15) is 44.9 Å². The predicted molar refractivity (Wildman–Crippen MR) is 118 cm³/mol. The van der Waals surface area contributed by atoms with Gasteiger partial charge in [0.15, 0.2) is 11.2 Å². The highest BCUT2D eigenvalue weighted by molar-refractivity contribution is 5.75. The summed E-state index contributed by atoms with van der Waals surface area (Å²) in [7, 11) is 1.54. The number of fused-ring (bicyclic) bond motifs is 2. The average Bonchev–Trinajstić information content (AvgIpc) is 3.48. The second-order valence-corrected chi connectivity index (χ2v) is 9.48. The van der Waals surface area contributed by atoms with E-state index in [1.807, 2.05) is 11.1 Å². The summed E-state index contributed by atoms with van der Waals surface area (Å²) in [6.07, 6.45) is 2.44. The molecule has 33 heavy (non-hydrogen) atoms. The summed E-state index contributed by atoms with van der Waals surface area (Å²) in [4.78, 5) is 33.1. The van der Waals surface area contributed by atoms with Crippen LogP contribution in [-0.4, -0.2) is 38.0 Å². The van der Waals surface area contributed by atoms with Crippen LogP contribution in [0.25, 0.3) is 11.2 Å². The van der Waals surface area contributed by atoms with Crippen molar-refractivity contribution >= 4 is 17.1 Å². The van der Waals surface area contributed by atoms with E-state index in [4.69, 9.17) is 0 Å². The van der Waals surface area contributed by atoms with Gasteiger partial charge in [0.2, 0.25) is 5.95 Å². The lowest BCUT2D eigenvalue weighted by atomic mass is 9.89. The van der Waals surface area contributed by atoms with Gasteiger partial charge in [0.05, 0.1) is 6.42 Å². The van der Waals surface area contributed by atoms with Gasteiger partial charge < -0.3 is 14.8 Å². The Kier molecular flexibility index (Phi) is 5.52. The Morgan fingerprint density at radius 3 is 2.61 bits per heavy atom. The third-order valence-electron chi connectivity index (χ3n) is 7.28. The van der Waals surface area contributed by atoms with Crippen LogP contribution in [0, 0.1) is 11.8 Å². The van der Waals surface area contributed by atoms with Crippen molar-refractivity contribution in [2.24, 2.45) is 18.9 Å². The largest absolute Gasteiger partial charge is 0.390 e. The smallest absolute Gasteiger partial charge is 0.389 e. The van der Waals surface area contributed by atoms with Crippen molar-refractivity contribution in [2.45, 2.75) is 64.2 Å². The first kappa shape index (κ1) is 22.1. The Labute approximate surface area is 188 Å². The molecule has 0 aromatic carbocycles. The van der Waals surface area contributed by atoms with Gasteiger partial charge in [-0.15, -0.1) is 0 Å². The second-order valence-electron chi connectivity index (χ2n) is 9.48. The minimum Gasteiger partial charge on any atom is -0.389 e. The van der Waals surface area contributed by atoms with Crippen LogP contribution < -0.4 is 21.5 Å². The molecule has 3 aliphatic rings. The molecule has 1 N–H and O–H groups in total. The Balaban J connectivity index is 1.65. The van der Waals surface area contributed by atoms with E-state index >= 15 is 0 Å². The standard InChI is InChI=1S/C22H29F3N6O2/c1-28-18-17(19(32)31(21(28)33)13-14-5-3-2-4-6-14)30(10-8-22(23,24)25)20(27-18)29-9-7-15-11-26-12-16(15)29/h12,14-15,26H,2-11,13H2,1H3. The molecule has 2 aromatic heterocycles. The Morgan fingerprint density at radius 2 is 1.88 bits per heavy atom. The molecular formula is C22H29F3N6O2. The van der Waals surface area contributed by atoms with Gasteiger partial charge in [-0.25, -0.2) is 4.79 Å². The van der Waals surface area contributed by atoms with E-state index in [1.165, 1.54) is 20.7 Å². The van der Waals surface area contributed by atoms with Crippen molar-refractivity contribution in [1.29, 1.82) is 0 Å². The fourth-order valence-corrected chi connectivity index (χ4v) is 5.51. The fourth-order valence-electron chi connectivity index (χ4n) is 5.51. The molecule has 1 saturated heterocycles. The average molecular weight is 467 g/mol. The summed E-state index contributed by atoms with van der Waals surface area (Å²) in [5, 5.41) is 3.18. The van der Waals surface area contributed by atoms with Gasteiger partial charge in [0.25, 0.3) is 5.56 Å². The zero-order valence-corrected chi connectivity index (χ0v) is 18.7. The van der Waals surface area contributed by atoms with E-state index < -0.39 is 30.4 Å². The van der Waals surface area contributed by atoms with Gasteiger partial charge >= 0.3 is 11.9 Å². The van der Waals surface area contributed by atoms with Crippen molar-refractivity contribution in [2.75, 3.05) is 18.0 Å². The molecule has 2 fully saturated rings. The number of halogens is 3. The fraction of sp³-hybridized carbons (Fsp3) is 0.682. The van der Waals surface area contributed by atoms with Crippen molar-refractivity contribution < 1.29 is 13.2 Å². The Hall–Kier alpha value is -2.72. The lowest BCUT2D eigenvalue weighted by Gasteiger charge is -2.22. The molecule has 1 aliphatic carbocycles. The van der Waals surface area contributed by atoms with Crippen LogP contribution in [0.2, 0.25) is 0 Å². The Bertz CT molecular complexity index is 1200. The quantitative estimate of drug-likeness (QED) is 0.733. The second kappa shape index (κ2) is 8.25. The van der Waals surface area contributed by atoms with Crippen molar-refractivity contribution in [1.82, 2.24) is 24.0 Å².